The number of benzene rings is 2. The zero-order valence-electron chi connectivity index (χ0n) is 22.5. The smallest absolute Gasteiger partial charge is 0.319 e. The summed E-state index contributed by atoms with van der Waals surface area (Å²) in [6, 6.07) is 6.58. The molecule has 1 aliphatic carbocycles. The summed E-state index contributed by atoms with van der Waals surface area (Å²) >= 11 is 7.17. The van der Waals surface area contributed by atoms with Crippen molar-refractivity contribution in [1.29, 1.82) is 0 Å². The lowest BCUT2D eigenvalue weighted by molar-refractivity contribution is 0.105. The second-order valence-electron chi connectivity index (χ2n) is 11.1. The van der Waals surface area contributed by atoms with Crippen molar-refractivity contribution in [3.05, 3.63) is 35.0 Å². The van der Waals surface area contributed by atoms with Gasteiger partial charge in [0.05, 0.1) is 22.8 Å². The summed E-state index contributed by atoms with van der Waals surface area (Å²) in [6.45, 7) is 7.62. The molecule has 2 aromatic heterocycles. The number of nitrogens with one attached hydrogen (secondary N) is 2. The standard InChI is InChI=1S/C29H34ClN7O2/c1-17-3-6-23-21(16-32-35-23)24(17)25-22(30)15-20-26(27(25)38-18-4-5-18)33-29(39-19-7-11-36(2)12-8-19)34-28(20)37-13-9-31-10-14-37/h3,6,15-16,18-19,31H,4-5,7-14H2,1-2H3,(H,32,35). The molecule has 39 heavy (non-hydrogen) atoms. The first-order valence-corrected chi connectivity index (χ1v) is 14.4. The second kappa shape index (κ2) is 10.1. The number of aromatic amines is 1. The number of likely N-dealkylation sites (tertiary alicyclic amines) is 1. The Labute approximate surface area is 232 Å². The van der Waals surface area contributed by atoms with Crippen molar-refractivity contribution < 1.29 is 9.47 Å². The average Bonchev–Trinajstić information content (AvgIpc) is 3.64. The first-order chi connectivity index (χ1) is 19.0. The number of H-pyrrole nitrogens is 1. The molecule has 4 heterocycles. The van der Waals surface area contributed by atoms with Crippen LogP contribution in [0.5, 0.6) is 11.8 Å². The number of anilines is 1. The van der Waals surface area contributed by atoms with Crippen molar-refractivity contribution in [1.82, 2.24) is 30.4 Å². The highest BCUT2D eigenvalue weighted by atomic mass is 35.5. The van der Waals surface area contributed by atoms with Gasteiger partial charge in [-0.3, -0.25) is 5.10 Å². The van der Waals surface area contributed by atoms with Gasteiger partial charge < -0.3 is 24.6 Å². The van der Waals surface area contributed by atoms with Crippen molar-refractivity contribution in [2.75, 3.05) is 51.2 Å². The van der Waals surface area contributed by atoms with Crippen molar-refractivity contribution >= 4 is 39.2 Å². The molecular formula is C29H34ClN7O2. The van der Waals surface area contributed by atoms with Gasteiger partial charge in [-0.15, -0.1) is 0 Å². The van der Waals surface area contributed by atoms with Gasteiger partial charge in [0.1, 0.15) is 17.4 Å². The minimum absolute atomic E-state index is 0.0935. The fourth-order valence-corrected chi connectivity index (χ4v) is 6.04. The van der Waals surface area contributed by atoms with Crippen molar-refractivity contribution in [3.8, 4) is 22.9 Å². The van der Waals surface area contributed by atoms with Gasteiger partial charge in [0, 0.05) is 61.2 Å². The van der Waals surface area contributed by atoms with Crippen LogP contribution in [0.15, 0.2) is 24.4 Å². The van der Waals surface area contributed by atoms with Crippen LogP contribution in [0.4, 0.5) is 5.82 Å². The van der Waals surface area contributed by atoms with Crippen molar-refractivity contribution in [2.45, 2.75) is 44.8 Å². The van der Waals surface area contributed by atoms with Crippen molar-refractivity contribution in [3.63, 3.8) is 0 Å². The van der Waals surface area contributed by atoms with Crippen LogP contribution in [0, 0.1) is 6.92 Å². The van der Waals surface area contributed by atoms with Gasteiger partial charge in [-0.2, -0.15) is 15.1 Å². The highest BCUT2D eigenvalue weighted by Crippen LogP contribution is 2.48. The van der Waals surface area contributed by atoms with E-state index in [1.807, 2.05) is 12.3 Å². The molecule has 0 atom stereocenters. The molecule has 2 saturated heterocycles. The molecule has 0 amide bonds. The van der Waals surface area contributed by atoms with E-state index in [9.17, 15) is 0 Å². The predicted octanol–water partition coefficient (Wildman–Crippen LogP) is 4.56. The van der Waals surface area contributed by atoms with E-state index in [4.69, 9.17) is 31.0 Å². The van der Waals surface area contributed by atoms with Crippen LogP contribution in [-0.2, 0) is 0 Å². The Hall–Kier alpha value is -3.14. The number of piperazine rings is 1. The molecule has 10 heteroatoms. The number of nitrogens with zero attached hydrogens (tertiary/aromatic N) is 5. The summed E-state index contributed by atoms with van der Waals surface area (Å²) in [4.78, 5) is 14.7. The van der Waals surface area contributed by atoms with E-state index in [-0.39, 0.29) is 12.2 Å². The lowest BCUT2D eigenvalue weighted by Crippen LogP contribution is -2.44. The number of halogens is 1. The van der Waals surface area contributed by atoms with Crippen LogP contribution in [0.25, 0.3) is 32.9 Å². The number of fused-ring (bicyclic) bond motifs is 2. The fraction of sp³-hybridized carbons (Fsp3) is 0.483. The Morgan fingerprint density at radius 3 is 2.46 bits per heavy atom. The lowest BCUT2D eigenvalue weighted by atomic mass is 9.94. The third-order valence-electron chi connectivity index (χ3n) is 8.10. The fourth-order valence-electron chi connectivity index (χ4n) is 5.75. The molecule has 1 saturated carbocycles. The van der Waals surface area contributed by atoms with Crippen LogP contribution in [0.2, 0.25) is 5.02 Å². The SMILES string of the molecule is Cc1ccc2[nH]ncc2c1-c1c(Cl)cc2c(N3CCNCC3)nc(OC3CCN(C)CC3)nc2c1OC1CC1. The summed E-state index contributed by atoms with van der Waals surface area (Å²) in [5.41, 5.74) is 4.69. The van der Waals surface area contributed by atoms with Gasteiger partial charge in [-0.1, -0.05) is 17.7 Å². The predicted molar refractivity (Wildman–Crippen MR) is 154 cm³/mol. The van der Waals surface area contributed by atoms with Gasteiger partial charge in [-0.05, 0) is 57.4 Å². The number of hydrogen-bond acceptors (Lipinski definition) is 8. The number of aromatic nitrogens is 4. The first-order valence-electron chi connectivity index (χ1n) is 14.0. The van der Waals surface area contributed by atoms with Gasteiger partial charge >= 0.3 is 6.01 Å². The van der Waals surface area contributed by atoms with Gasteiger partial charge in [0.2, 0.25) is 0 Å². The van der Waals surface area contributed by atoms with E-state index in [1.54, 1.807) is 0 Å². The lowest BCUT2D eigenvalue weighted by Gasteiger charge is -2.31. The van der Waals surface area contributed by atoms with Crippen molar-refractivity contribution in [2.24, 2.45) is 0 Å². The summed E-state index contributed by atoms with van der Waals surface area (Å²) in [5, 5.41) is 13.4. The topological polar surface area (TPSA) is 91.4 Å². The van der Waals surface area contributed by atoms with E-state index >= 15 is 0 Å². The number of aryl methyl sites for hydroxylation is 1. The zero-order valence-corrected chi connectivity index (χ0v) is 23.2. The van der Waals surface area contributed by atoms with Crippen LogP contribution < -0.4 is 19.7 Å². The van der Waals surface area contributed by atoms with Crippen LogP contribution in [0.3, 0.4) is 0 Å². The molecule has 3 aliphatic rings. The molecule has 0 unspecified atom stereocenters. The largest absolute Gasteiger partial charge is 0.487 e. The Kier molecular flexibility index (Phi) is 6.45. The maximum Gasteiger partial charge on any atom is 0.319 e. The monoisotopic (exact) mass is 547 g/mol. The summed E-state index contributed by atoms with van der Waals surface area (Å²) < 4.78 is 13.2. The third-order valence-corrected chi connectivity index (χ3v) is 8.40. The maximum atomic E-state index is 7.17. The van der Waals surface area contributed by atoms with E-state index in [0.29, 0.717) is 16.8 Å². The molecule has 2 aliphatic heterocycles. The quantitative estimate of drug-likeness (QED) is 0.363. The van der Waals surface area contributed by atoms with Gasteiger partial charge in [-0.25, -0.2) is 0 Å². The average molecular weight is 548 g/mol. The zero-order chi connectivity index (χ0) is 26.5. The molecule has 9 nitrogen and oxygen atoms in total. The molecule has 4 aromatic rings. The minimum atomic E-state index is 0.0935. The third kappa shape index (κ3) is 4.77. The molecule has 0 bridgehead atoms. The number of hydrogen-bond donors (Lipinski definition) is 2. The van der Waals surface area contributed by atoms with Crippen LogP contribution >= 0.6 is 11.6 Å². The Morgan fingerprint density at radius 1 is 0.923 bits per heavy atom. The molecule has 2 N–H and O–H groups in total. The highest BCUT2D eigenvalue weighted by Gasteiger charge is 2.31. The Morgan fingerprint density at radius 2 is 1.69 bits per heavy atom. The van der Waals surface area contributed by atoms with E-state index in [0.717, 1.165) is 109 Å². The van der Waals surface area contributed by atoms with Crippen LogP contribution in [0.1, 0.15) is 31.2 Å². The Balaban J connectivity index is 1.45. The van der Waals surface area contributed by atoms with E-state index in [1.165, 1.54) is 0 Å². The second-order valence-corrected chi connectivity index (χ2v) is 11.5. The van der Waals surface area contributed by atoms with Crippen LogP contribution in [-0.4, -0.2) is 83.6 Å². The summed E-state index contributed by atoms with van der Waals surface area (Å²) in [5.74, 6) is 1.57. The molecule has 0 spiro atoms. The Bertz CT molecular complexity index is 1520. The van der Waals surface area contributed by atoms with E-state index in [2.05, 4.69) is 51.4 Å². The maximum absolute atomic E-state index is 7.17. The molecule has 7 rings (SSSR count). The normalized spacial score (nSPS) is 19.2. The molecule has 2 aromatic carbocycles. The number of ether oxygens (including phenoxy) is 2. The van der Waals surface area contributed by atoms with Gasteiger partial charge in [0.15, 0.2) is 5.75 Å². The number of rotatable bonds is 6. The molecular weight excluding hydrogens is 514 g/mol. The minimum Gasteiger partial charge on any atom is -0.487 e. The summed E-state index contributed by atoms with van der Waals surface area (Å²) in [7, 11) is 2.15. The first kappa shape index (κ1) is 24.9. The molecule has 204 valence electrons. The van der Waals surface area contributed by atoms with E-state index < -0.39 is 0 Å². The van der Waals surface area contributed by atoms with Gasteiger partial charge in [0.25, 0.3) is 0 Å². The summed E-state index contributed by atoms with van der Waals surface area (Å²) in [6.07, 6.45) is 6.08. The highest BCUT2D eigenvalue weighted by molar-refractivity contribution is 6.35. The molecule has 0 radical (unpaired) electrons. The molecule has 3 fully saturated rings. The number of piperidine rings is 1.